The number of aromatic nitrogens is 2. The molecule has 0 bridgehead atoms. The molecular formula is C10H13N3O. The van der Waals surface area contributed by atoms with E-state index in [0.717, 1.165) is 17.0 Å². The number of aryl methyl sites for hydroxylation is 1. The van der Waals surface area contributed by atoms with Gasteiger partial charge in [0.15, 0.2) is 0 Å². The van der Waals surface area contributed by atoms with Crippen LogP contribution in [0.3, 0.4) is 0 Å². The Morgan fingerprint density at radius 2 is 2.36 bits per heavy atom. The van der Waals surface area contributed by atoms with E-state index in [4.69, 9.17) is 5.73 Å². The van der Waals surface area contributed by atoms with E-state index in [1.165, 1.54) is 0 Å². The quantitative estimate of drug-likeness (QED) is 0.732. The SMILES string of the molecule is Cc1ncc2cccc(C(O)CN)n12. The van der Waals surface area contributed by atoms with Gasteiger partial charge in [0.25, 0.3) is 0 Å². The van der Waals surface area contributed by atoms with Gasteiger partial charge in [-0.1, -0.05) is 6.07 Å². The van der Waals surface area contributed by atoms with E-state index in [2.05, 4.69) is 4.98 Å². The summed E-state index contributed by atoms with van der Waals surface area (Å²) in [6.07, 6.45) is 1.15. The zero-order chi connectivity index (χ0) is 10.1. The fraction of sp³-hybridized carbons (Fsp3) is 0.300. The molecule has 0 spiro atoms. The molecule has 0 saturated heterocycles. The normalized spacial score (nSPS) is 13.4. The van der Waals surface area contributed by atoms with Crippen LogP contribution in [-0.2, 0) is 0 Å². The van der Waals surface area contributed by atoms with Crippen molar-refractivity contribution in [1.82, 2.24) is 9.38 Å². The van der Waals surface area contributed by atoms with Crippen LogP contribution in [0.5, 0.6) is 0 Å². The van der Waals surface area contributed by atoms with Gasteiger partial charge in [0.1, 0.15) is 11.9 Å². The second-order valence-electron chi connectivity index (χ2n) is 3.27. The highest BCUT2D eigenvalue weighted by atomic mass is 16.3. The smallest absolute Gasteiger partial charge is 0.110 e. The van der Waals surface area contributed by atoms with Crippen molar-refractivity contribution < 1.29 is 5.11 Å². The molecule has 0 aromatic carbocycles. The van der Waals surface area contributed by atoms with Crippen molar-refractivity contribution in [2.24, 2.45) is 5.73 Å². The largest absolute Gasteiger partial charge is 0.386 e. The van der Waals surface area contributed by atoms with Crippen LogP contribution in [0.4, 0.5) is 0 Å². The molecule has 0 radical (unpaired) electrons. The summed E-state index contributed by atoms with van der Waals surface area (Å²) < 4.78 is 1.91. The molecule has 0 fully saturated rings. The van der Waals surface area contributed by atoms with E-state index in [1.54, 1.807) is 6.20 Å². The van der Waals surface area contributed by atoms with Gasteiger partial charge >= 0.3 is 0 Å². The number of nitrogens with zero attached hydrogens (tertiary/aromatic N) is 2. The first-order chi connectivity index (χ1) is 6.74. The van der Waals surface area contributed by atoms with Crippen molar-refractivity contribution in [3.63, 3.8) is 0 Å². The Balaban J connectivity index is 2.69. The first kappa shape index (κ1) is 9.18. The van der Waals surface area contributed by atoms with Crippen molar-refractivity contribution >= 4 is 5.52 Å². The van der Waals surface area contributed by atoms with Gasteiger partial charge in [-0.25, -0.2) is 4.98 Å². The van der Waals surface area contributed by atoms with Gasteiger partial charge in [0.05, 0.1) is 17.4 Å². The summed E-state index contributed by atoms with van der Waals surface area (Å²) in [4.78, 5) is 4.18. The highest BCUT2D eigenvalue weighted by molar-refractivity contribution is 5.47. The number of aliphatic hydroxyl groups is 1. The molecule has 2 rings (SSSR count). The molecule has 0 aliphatic carbocycles. The lowest BCUT2D eigenvalue weighted by Gasteiger charge is -2.11. The molecule has 4 nitrogen and oxygen atoms in total. The Labute approximate surface area is 82.0 Å². The van der Waals surface area contributed by atoms with Gasteiger partial charge < -0.3 is 10.8 Å². The number of rotatable bonds is 2. The van der Waals surface area contributed by atoms with E-state index in [0.29, 0.717) is 0 Å². The third-order valence-electron chi connectivity index (χ3n) is 2.32. The van der Waals surface area contributed by atoms with Crippen molar-refractivity contribution in [3.8, 4) is 0 Å². The Morgan fingerprint density at radius 1 is 1.57 bits per heavy atom. The first-order valence-corrected chi connectivity index (χ1v) is 4.55. The number of imidazole rings is 1. The molecule has 2 heterocycles. The Kier molecular flexibility index (Phi) is 2.23. The lowest BCUT2D eigenvalue weighted by molar-refractivity contribution is 0.180. The molecule has 0 aliphatic rings. The number of hydrogen-bond acceptors (Lipinski definition) is 3. The maximum Gasteiger partial charge on any atom is 0.110 e. The molecule has 2 aromatic heterocycles. The van der Waals surface area contributed by atoms with Crippen molar-refractivity contribution in [2.45, 2.75) is 13.0 Å². The number of fused-ring (bicyclic) bond motifs is 1. The highest BCUT2D eigenvalue weighted by Crippen LogP contribution is 2.16. The average Bonchev–Trinajstić information content (AvgIpc) is 2.59. The van der Waals surface area contributed by atoms with Gasteiger partial charge in [-0.2, -0.15) is 0 Å². The third-order valence-corrected chi connectivity index (χ3v) is 2.32. The lowest BCUT2D eigenvalue weighted by atomic mass is 10.2. The monoisotopic (exact) mass is 191 g/mol. The van der Waals surface area contributed by atoms with Crippen LogP contribution < -0.4 is 5.73 Å². The predicted octanol–water partition coefficient (Wildman–Crippen LogP) is 0.635. The molecule has 1 atom stereocenters. The standard InChI is InChI=1S/C10H13N3O/c1-7-12-6-8-3-2-4-9(13(7)8)10(14)5-11/h2-4,6,10,14H,5,11H2,1H3. The van der Waals surface area contributed by atoms with Gasteiger partial charge in [-0.15, -0.1) is 0 Å². The third kappa shape index (κ3) is 1.29. The average molecular weight is 191 g/mol. The van der Waals surface area contributed by atoms with Gasteiger partial charge in [0.2, 0.25) is 0 Å². The van der Waals surface area contributed by atoms with Gasteiger partial charge in [-0.3, -0.25) is 4.40 Å². The molecule has 14 heavy (non-hydrogen) atoms. The molecule has 4 heteroatoms. The van der Waals surface area contributed by atoms with Crippen LogP contribution in [-0.4, -0.2) is 21.0 Å². The van der Waals surface area contributed by atoms with Crippen LogP contribution in [0, 0.1) is 6.92 Å². The topological polar surface area (TPSA) is 63.5 Å². The number of hydrogen-bond donors (Lipinski definition) is 2. The van der Waals surface area contributed by atoms with E-state index in [-0.39, 0.29) is 6.54 Å². The summed E-state index contributed by atoms with van der Waals surface area (Å²) in [7, 11) is 0. The molecule has 0 aliphatic heterocycles. The second kappa shape index (κ2) is 3.40. The molecular weight excluding hydrogens is 178 g/mol. The number of aliphatic hydroxyl groups excluding tert-OH is 1. The number of nitrogens with two attached hydrogens (primary N) is 1. The van der Waals surface area contributed by atoms with E-state index in [1.807, 2.05) is 29.5 Å². The minimum absolute atomic E-state index is 0.219. The molecule has 1 unspecified atom stereocenters. The summed E-state index contributed by atoms with van der Waals surface area (Å²) in [6.45, 7) is 2.12. The molecule has 3 N–H and O–H groups in total. The first-order valence-electron chi connectivity index (χ1n) is 4.55. The van der Waals surface area contributed by atoms with E-state index < -0.39 is 6.10 Å². The van der Waals surface area contributed by atoms with Crippen LogP contribution >= 0.6 is 0 Å². The molecule has 0 amide bonds. The van der Waals surface area contributed by atoms with Gasteiger partial charge in [-0.05, 0) is 19.1 Å². The molecule has 2 aromatic rings. The van der Waals surface area contributed by atoms with E-state index in [9.17, 15) is 5.11 Å². The predicted molar refractivity (Wildman–Crippen MR) is 53.9 cm³/mol. The minimum atomic E-state index is -0.633. The molecule has 0 saturated carbocycles. The summed E-state index contributed by atoms with van der Waals surface area (Å²) >= 11 is 0. The van der Waals surface area contributed by atoms with Gasteiger partial charge in [0, 0.05) is 6.54 Å². The zero-order valence-electron chi connectivity index (χ0n) is 8.01. The van der Waals surface area contributed by atoms with Crippen molar-refractivity contribution in [3.05, 3.63) is 35.9 Å². The lowest BCUT2D eigenvalue weighted by Crippen LogP contribution is -2.15. The fourth-order valence-corrected chi connectivity index (χ4v) is 1.62. The summed E-state index contributed by atoms with van der Waals surface area (Å²) in [5, 5.41) is 9.70. The minimum Gasteiger partial charge on any atom is -0.386 e. The van der Waals surface area contributed by atoms with Crippen molar-refractivity contribution in [1.29, 1.82) is 0 Å². The number of pyridine rings is 1. The summed E-state index contributed by atoms with van der Waals surface area (Å²) in [5.41, 5.74) is 7.20. The van der Waals surface area contributed by atoms with Crippen LogP contribution in [0.2, 0.25) is 0 Å². The van der Waals surface area contributed by atoms with Crippen LogP contribution in [0.15, 0.2) is 24.4 Å². The van der Waals surface area contributed by atoms with Crippen molar-refractivity contribution in [2.75, 3.05) is 6.54 Å². The maximum absolute atomic E-state index is 9.70. The Hall–Kier alpha value is -1.39. The zero-order valence-corrected chi connectivity index (χ0v) is 8.01. The molecule has 74 valence electrons. The summed E-state index contributed by atoms with van der Waals surface area (Å²) in [6, 6.07) is 5.70. The second-order valence-corrected chi connectivity index (χ2v) is 3.27. The van der Waals surface area contributed by atoms with E-state index >= 15 is 0 Å². The Morgan fingerprint density at radius 3 is 3.07 bits per heavy atom. The van der Waals surface area contributed by atoms with Crippen LogP contribution in [0.1, 0.15) is 17.6 Å². The fourth-order valence-electron chi connectivity index (χ4n) is 1.62. The summed E-state index contributed by atoms with van der Waals surface area (Å²) in [5.74, 6) is 0.864. The Bertz CT molecular complexity index is 450. The van der Waals surface area contributed by atoms with Crippen LogP contribution in [0.25, 0.3) is 5.52 Å². The maximum atomic E-state index is 9.70. The highest BCUT2D eigenvalue weighted by Gasteiger charge is 2.10.